The highest BCUT2D eigenvalue weighted by atomic mass is 32.2. The molecule has 0 aliphatic carbocycles. The van der Waals surface area contributed by atoms with Crippen LogP contribution in [0.15, 0.2) is 35.4 Å². The van der Waals surface area contributed by atoms with Gasteiger partial charge in [0.25, 0.3) is 0 Å². The number of fused-ring (bicyclic) bond motifs is 1. The number of thiazole rings is 1. The summed E-state index contributed by atoms with van der Waals surface area (Å²) in [6, 6.07) is 5.87. The van der Waals surface area contributed by atoms with Gasteiger partial charge < -0.3 is 19.4 Å². The SMILES string of the molecule is CCOc1ccc2nc(NC(=O)C3CCCN3S(=O)(=O)c3cc(C(=O)OC)n(C)c3)sc2c1. The molecule has 2 aromatic heterocycles. The Labute approximate surface area is 195 Å². The number of aryl methyl sites for hydroxylation is 1. The molecule has 0 bridgehead atoms. The van der Waals surface area contributed by atoms with Crippen molar-refractivity contribution in [2.24, 2.45) is 7.05 Å². The largest absolute Gasteiger partial charge is 0.494 e. The summed E-state index contributed by atoms with van der Waals surface area (Å²) >= 11 is 1.29. The fourth-order valence-corrected chi connectivity index (χ4v) is 6.44. The Morgan fingerprint density at radius 3 is 2.82 bits per heavy atom. The molecule has 33 heavy (non-hydrogen) atoms. The summed E-state index contributed by atoms with van der Waals surface area (Å²) in [6.45, 7) is 2.65. The molecule has 1 fully saturated rings. The number of hydrogen-bond donors (Lipinski definition) is 1. The van der Waals surface area contributed by atoms with Crippen molar-refractivity contribution in [1.29, 1.82) is 0 Å². The molecular weight excluding hydrogens is 468 g/mol. The van der Waals surface area contributed by atoms with Crippen LogP contribution in [0.5, 0.6) is 5.75 Å². The van der Waals surface area contributed by atoms with E-state index >= 15 is 0 Å². The summed E-state index contributed by atoms with van der Waals surface area (Å²) in [6.07, 6.45) is 2.28. The summed E-state index contributed by atoms with van der Waals surface area (Å²) in [4.78, 5) is 29.3. The van der Waals surface area contributed by atoms with Gasteiger partial charge in [-0.2, -0.15) is 4.31 Å². The number of methoxy groups -OCH3 is 1. The van der Waals surface area contributed by atoms with Crippen LogP contribution in [0.25, 0.3) is 10.2 Å². The van der Waals surface area contributed by atoms with E-state index in [0.29, 0.717) is 35.8 Å². The van der Waals surface area contributed by atoms with E-state index in [1.54, 1.807) is 7.05 Å². The average Bonchev–Trinajstić information content (AvgIpc) is 3.51. The van der Waals surface area contributed by atoms with Crippen LogP contribution in [0, 0.1) is 0 Å². The number of ether oxygens (including phenoxy) is 2. The van der Waals surface area contributed by atoms with E-state index in [1.165, 1.54) is 39.6 Å². The monoisotopic (exact) mass is 492 g/mol. The van der Waals surface area contributed by atoms with E-state index in [4.69, 9.17) is 9.47 Å². The number of carbonyl (C=O) groups excluding carboxylic acids is 2. The Bertz CT molecular complexity index is 1310. The first-order valence-electron chi connectivity index (χ1n) is 10.4. The molecule has 3 heterocycles. The minimum absolute atomic E-state index is 0.0615. The molecule has 1 amide bonds. The van der Waals surface area contributed by atoms with Crippen molar-refractivity contribution in [3.63, 3.8) is 0 Å². The molecule has 176 valence electrons. The molecule has 1 aliphatic heterocycles. The second-order valence-corrected chi connectivity index (χ2v) is 10.4. The highest BCUT2D eigenvalue weighted by Crippen LogP contribution is 2.31. The minimum atomic E-state index is -3.99. The molecular formula is C21H24N4O6S2. The van der Waals surface area contributed by atoms with Gasteiger partial charge in [0.2, 0.25) is 15.9 Å². The van der Waals surface area contributed by atoms with Crippen LogP contribution in [0.1, 0.15) is 30.3 Å². The van der Waals surface area contributed by atoms with Crippen LogP contribution in [0.2, 0.25) is 0 Å². The van der Waals surface area contributed by atoms with Crippen LogP contribution in [0.4, 0.5) is 5.13 Å². The number of anilines is 1. The third-order valence-corrected chi connectivity index (χ3v) is 8.20. The fourth-order valence-electron chi connectivity index (χ4n) is 3.81. The zero-order valence-electron chi connectivity index (χ0n) is 18.4. The highest BCUT2D eigenvalue weighted by molar-refractivity contribution is 7.89. The smallest absolute Gasteiger partial charge is 0.354 e. The van der Waals surface area contributed by atoms with Crippen molar-refractivity contribution in [2.45, 2.75) is 30.7 Å². The second-order valence-electron chi connectivity index (χ2n) is 7.51. The number of aromatic nitrogens is 2. The number of rotatable bonds is 7. The van der Waals surface area contributed by atoms with Crippen molar-refractivity contribution < 1.29 is 27.5 Å². The number of nitrogens with one attached hydrogen (secondary N) is 1. The summed E-state index contributed by atoms with van der Waals surface area (Å²) in [7, 11) is -1.21. The lowest BCUT2D eigenvalue weighted by atomic mass is 10.2. The van der Waals surface area contributed by atoms with E-state index in [1.807, 2.05) is 25.1 Å². The van der Waals surface area contributed by atoms with Gasteiger partial charge in [0.15, 0.2) is 5.13 Å². The maximum atomic E-state index is 13.3. The first-order chi connectivity index (χ1) is 15.7. The number of hydrogen-bond acceptors (Lipinski definition) is 8. The van der Waals surface area contributed by atoms with Crippen molar-refractivity contribution in [3.05, 3.63) is 36.2 Å². The Hall–Kier alpha value is -2.96. The van der Waals surface area contributed by atoms with E-state index in [0.717, 1.165) is 4.70 Å². The molecule has 1 atom stereocenters. The van der Waals surface area contributed by atoms with Gasteiger partial charge in [-0.1, -0.05) is 11.3 Å². The van der Waals surface area contributed by atoms with E-state index < -0.39 is 27.9 Å². The van der Waals surface area contributed by atoms with Gasteiger partial charge in [0.1, 0.15) is 22.4 Å². The third kappa shape index (κ3) is 4.45. The van der Waals surface area contributed by atoms with Crippen LogP contribution in [-0.4, -0.2) is 60.5 Å². The third-order valence-electron chi connectivity index (χ3n) is 5.39. The van der Waals surface area contributed by atoms with Gasteiger partial charge in [0.05, 0.1) is 23.9 Å². The van der Waals surface area contributed by atoms with Crippen molar-refractivity contribution in [1.82, 2.24) is 13.9 Å². The summed E-state index contributed by atoms with van der Waals surface area (Å²) in [5, 5.41) is 3.15. The molecule has 1 aromatic carbocycles. The molecule has 3 aromatic rings. The Kier molecular flexibility index (Phi) is 6.41. The van der Waals surface area contributed by atoms with Crippen LogP contribution in [-0.2, 0) is 26.6 Å². The molecule has 1 unspecified atom stereocenters. The van der Waals surface area contributed by atoms with Gasteiger partial charge in [-0.25, -0.2) is 18.2 Å². The summed E-state index contributed by atoms with van der Waals surface area (Å²) in [5.41, 5.74) is 0.825. The second kappa shape index (κ2) is 9.12. The van der Waals surface area contributed by atoms with Crippen LogP contribution >= 0.6 is 11.3 Å². The van der Waals surface area contributed by atoms with Crippen molar-refractivity contribution in [2.75, 3.05) is 25.6 Å². The van der Waals surface area contributed by atoms with E-state index in [-0.39, 0.29) is 17.1 Å². The minimum Gasteiger partial charge on any atom is -0.494 e. The molecule has 12 heteroatoms. The molecule has 4 rings (SSSR count). The summed E-state index contributed by atoms with van der Waals surface area (Å²) in [5.74, 6) is -0.365. The standard InChI is InChI=1S/C21H24N4O6S2/c1-4-31-13-7-8-15-18(10-13)32-21(22-15)23-19(26)16-6-5-9-25(16)33(28,29)14-11-17(20(27)30-3)24(2)12-14/h7-8,10-12,16H,4-6,9H2,1-3H3,(H,22,23,26). The molecule has 1 saturated heterocycles. The summed E-state index contributed by atoms with van der Waals surface area (Å²) < 4.78 is 40.2. The van der Waals surface area contributed by atoms with Crippen LogP contribution in [0.3, 0.4) is 0 Å². The van der Waals surface area contributed by atoms with E-state index in [2.05, 4.69) is 10.3 Å². The van der Waals surface area contributed by atoms with Crippen molar-refractivity contribution >= 4 is 48.6 Å². The Morgan fingerprint density at radius 1 is 1.30 bits per heavy atom. The first kappa shape index (κ1) is 23.2. The maximum absolute atomic E-state index is 13.3. The number of amides is 1. The Balaban J connectivity index is 1.55. The van der Waals surface area contributed by atoms with Crippen LogP contribution < -0.4 is 10.1 Å². The average molecular weight is 493 g/mol. The number of benzene rings is 1. The highest BCUT2D eigenvalue weighted by Gasteiger charge is 2.40. The molecule has 1 aliphatic rings. The molecule has 0 spiro atoms. The molecule has 0 radical (unpaired) electrons. The lowest BCUT2D eigenvalue weighted by Crippen LogP contribution is -2.43. The van der Waals surface area contributed by atoms with Crippen molar-refractivity contribution in [3.8, 4) is 5.75 Å². The van der Waals surface area contributed by atoms with Gasteiger partial charge in [-0.05, 0) is 44.0 Å². The Morgan fingerprint density at radius 2 is 2.09 bits per heavy atom. The predicted molar refractivity (Wildman–Crippen MR) is 123 cm³/mol. The molecule has 10 nitrogen and oxygen atoms in total. The van der Waals surface area contributed by atoms with Gasteiger partial charge in [0, 0.05) is 19.8 Å². The van der Waals surface area contributed by atoms with Gasteiger partial charge >= 0.3 is 5.97 Å². The number of esters is 1. The fraction of sp³-hybridized carbons (Fsp3) is 0.381. The van der Waals surface area contributed by atoms with Gasteiger partial charge in [-0.15, -0.1) is 0 Å². The number of nitrogens with zero attached hydrogens (tertiary/aromatic N) is 3. The predicted octanol–water partition coefficient (Wildman–Crippen LogP) is 2.61. The quantitative estimate of drug-likeness (QED) is 0.504. The number of sulfonamides is 1. The first-order valence-corrected chi connectivity index (χ1v) is 12.6. The molecule has 1 N–H and O–H groups in total. The van der Waals surface area contributed by atoms with E-state index in [9.17, 15) is 18.0 Å². The number of carbonyl (C=O) groups is 2. The normalized spacial score (nSPS) is 16.8. The molecule has 0 saturated carbocycles. The lowest BCUT2D eigenvalue weighted by Gasteiger charge is -2.22. The van der Waals surface area contributed by atoms with Gasteiger partial charge in [-0.3, -0.25) is 4.79 Å². The lowest BCUT2D eigenvalue weighted by molar-refractivity contribution is -0.119. The topological polar surface area (TPSA) is 120 Å². The zero-order chi connectivity index (χ0) is 23.8. The zero-order valence-corrected chi connectivity index (χ0v) is 20.0. The maximum Gasteiger partial charge on any atom is 0.354 e.